The Kier molecular flexibility index (Phi) is 2.27. The Morgan fingerprint density at radius 3 is 2.50 bits per heavy atom. The van der Waals surface area contributed by atoms with E-state index in [1.807, 2.05) is 0 Å². The van der Waals surface area contributed by atoms with Crippen LogP contribution in [0.3, 0.4) is 0 Å². The summed E-state index contributed by atoms with van der Waals surface area (Å²) in [5.74, 6) is -0.843. The minimum atomic E-state index is -0.964. The van der Waals surface area contributed by atoms with Crippen LogP contribution in [0.5, 0.6) is 0 Å². The molecule has 2 aliphatic rings. The van der Waals surface area contributed by atoms with Crippen molar-refractivity contribution in [1.29, 1.82) is 0 Å². The normalized spacial score (nSPS) is 37.8. The Labute approximate surface area is 84.1 Å². The molecular formula is C10H18N2O2. The van der Waals surface area contributed by atoms with Crippen molar-refractivity contribution in [3.8, 4) is 0 Å². The standard InChI is InChI=1S/C10H18N2O2/c1-12(7-2-3-7)8-4-5-10(11,6-8)9(13)14/h7-8H,2-6,11H2,1H3,(H,13,14). The van der Waals surface area contributed by atoms with Crippen molar-refractivity contribution < 1.29 is 9.90 Å². The summed E-state index contributed by atoms with van der Waals surface area (Å²) in [6.45, 7) is 0. The van der Waals surface area contributed by atoms with E-state index in [9.17, 15) is 4.79 Å². The number of hydrogen-bond acceptors (Lipinski definition) is 3. The van der Waals surface area contributed by atoms with Gasteiger partial charge in [-0.3, -0.25) is 4.79 Å². The van der Waals surface area contributed by atoms with E-state index in [-0.39, 0.29) is 0 Å². The van der Waals surface area contributed by atoms with E-state index < -0.39 is 11.5 Å². The zero-order chi connectivity index (χ0) is 10.3. The molecule has 0 radical (unpaired) electrons. The molecule has 0 bridgehead atoms. The van der Waals surface area contributed by atoms with E-state index in [2.05, 4.69) is 11.9 Å². The molecule has 4 nitrogen and oxygen atoms in total. The minimum Gasteiger partial charge on any atom is -0.480 e. The second kappa shape index (κ2) is 3.21. The van der Waals surface area contributed by atoms with Gasteiger partial charge in [0, 0.05) is 12.1 Å². The van der Waals surface area contributed by atoms with Crippen LogP contribution in [0, 0.1) is 0 Å². The molecule has 0 aromatic rings. The predicted octanol–water partition coefficient (Wildman–Crippen LogP) is 0.415. The Hall–Kier alpha value is -0.610. The maximum Gasteiger partial charge on any atom is 0.323 e. The molecular weight excluding hydrogens is 180 g/mol. The highest BCUT2D eigenvalue weighted by Gasteiger charge is 2.45. The highest BCUT2D eigenvalue weighted by atomic mass is 16.4. The van der Waals surface area contributed by atoms with Gasteiger partial charge in [0.15, 0.2) is 0 Å². The number of carboxylic acids is 1. The van der Waals surface area contributed by atoms with Gasteiger partial charge in [-0.05, 0) is 39.2 Å². The number of aliphatic carboxylic acids is 1. The molecule has 3 N–H and O–H groups in total. The van der Waals surface area contributed by atoms with Crippen molar-refractivity contribution in [1.82, 2.24) is 4.90 Å². The molecule has 14 heavy (non-hydrogen) atoms. The minimum absolute atomic E-state index is 0.378. The van der Waals surface area contributed by atoms with Crippen molar-refractivity contribution in [2.75, 3.05) is 7.05 Å². The third-order valence-corrected chi connectivity index (χ3v) is 3.65. The molecule has 0 saturated heterocycles. The fraction of sp³-hybridized carbons (Fsp3) is 0.900. The highest BCUT2D eigenvalue weighted by molar-refractivity contribution is 5.79. The van der Waals surface area contributed by atoms with Crippen molar-refractivity contribution in [3.05, 3.63) is 0 Å². The first-order chi connectivity index (χ1) is 6.53. The molecule has 0 amide bonds. The topological polar surface area (TPSA) is 66.6 Å². The fourth-order valence-corrected chi connectivity index (χ4v) is 2.37. The summed E-state index contributed by atoms with van der Waals surface area (Å²) in [4.78, 5) is 13.3. The molecule has 4 heteroatoms. The van der Waals surface area contributed by atoms with Gasteiger partial charge < -0.3 is 15.7 Å². The van der Waals surface area contributed by atoms with Gasteiger partial charge in [0.1, 0.15) is 5.54 Å². The largest absolute Gasteiger partial charge is 0.480 e. The molecule has 2 aliphatic carbocycles. The van der Waals surface area contributed by atoms with E-state index in [0.29, 0.717) is 24.9 Å². The van der Waals surface area contributed by atoms with Gasteiger partial charge in [0.2, 0.25) is 0 Å². The van der Waals surface area contributed by atoms with Crippen LogP contribution < -0.4 is 5.73 Å². The van der Waals surface area contributed by atoms with Gasteiger partial charge >= 0.3 is 5.97 Å². The van der Waals surface area contributed by atoms with Crippen LogP contribution in [-0.2, 0) is 4.79 Å². The zero-order valence-corrected chi connectivity index (χ0v) is 8.57. The van der Waals surface area contributed by atoms with Crippen LogP contribution in [0.25, 0.3) is 0 Å². The van der Waals surface area contributed by atoms with Crippen LogP contribution in [0.1, 0.15) is 32.1 Å². The number of rotatable bonds is 3. The van der Waals surface area contributed by atoms with Gasteiger partial charge in [-0.2, -0.15) is 0 Å². The number of carbonyl (C=O) groups is 1. The summed E-state index contributed by atoms with van der Waals surface area (Å²) in [6, 6.07) is 1.07. The molecule has 2 saturated carbocycles. The molecule has 0 spiro atoms. The molecule has 2 unspecified atom stereocenters. The molecule has 2 rings (SSSR count). The van der Waals surface area contributed by atoms with Gasteiger partial charge in [-0.1, -0.05) is 0 Å². The maximum atomic E-state index is 10.9. The second-order valence-electron chi connectivity index (χ2n) is 4.75. The third-order valence-electron chi connectivity index (χ3n) is 3.65. The van der Waals surface area contributed by atoms with E-state index >= 15 is 0 Å². The smallest absolute Gasteiger partial charge is 0.323 e. The van der Waals surface area contributed by atoms with Crippen LogP contribution in [0.15, 0.2) is 0 Å². The Bertz CT molecular complexity index is 253. The molecule has 2 fully saturated rings. The van der Waals surface area contributed by atoms with Crippen molar-refractivity contribution in [2.24, 2.45) is 5.73 Å². The molecule has 0 aliphatic heterocycles. The maximum absolute atomic E-state index is 10.9. The summed E-state index contributed by atoms with van der Waals surface area (Å²) in [7, 11) is 2.09. The first-order valence-electron chi connectivity index (χ1n) is 5.27. The third kappa shape index (κ3) is 1.64. The average Bonchev–Trinajstić information content (AvgIpc) is 2.89. The lowest BCUT2D eigenvalue weighted by Gasteiger charge is -2.25. The second-order valence-corrected chi connectivity index (χ2v) is 4.75. The lowest BCUT2D eigenvalue weighted by molar-refractivity contribution is -0.143. The SMILES string of the molecule is CN(C1CC1)C1CCC(N)(C(=O)O)C1. The number of nitrogens with zero attached hydrogens (tertiary/aromatic N) is 1. The Balaban J connectivity index is 1.96. The molecule has 0 aromatic heterocycles. The van der Waals surface area contributed by atoms with E-state index in [1.165, 1.54) is 12.8 Å². The summed E-state index contributed by atoms with van der Waals surface area (Å²) in [5, 5.41) is 8.98. The van der Waals surface area contributed by atoms with Gasteiger partial charge in [-0.25, -0.2) is 0 Å². The van der Waals surface area contributed by atoms with Crippen LogP contribution in [0.2, 0.25) is 0 Å². The van der Waals surface area contributed by atoms with E-state index in [1.54, 1.807) is 0 Å². The summed E-state index contributed by atoms with van der Waals surface area (Å²) < 4.78 is 0. The first-order valence-corrected chi connectivity index (χ1v) is 5.27. The average molecular weight is 198 g/mol. The van der Waals surface area contributed by atoms with E-state index in [4.69, 9.17) is 10.8 Å². The number of hydrogen-bond donors (Lipinski definition) is 2. The first kappa shape index (κ1) is 9.93. The highest BCUT2D eigenvalue weighted by Crippen LogP contribution is 2.36. The molecule has 0 aromatic carbocycles. The molecule has 80 valence electrons. The molecule has 2 atom stereocenters. The lowest BCUT2D eigenvalue weighted by Crippen LogP contribution is -2.47. The van der Waals surface area contributed by atoms with Gasteiger partial charge in [-0.15, -0.1) is 0 Å². The van der Waals surface area contributed by atoms with Gasteiger partial charge in [0.25, 0.3) is 0 Å². The lowest BCUT2D eigenvalue weighted by atomic mass is 9.99. The van der Waals surface area contributed by atoms with Crippen molar-refractivity contribution in [3.63, 3.8) is 0 Å². The zero-order valence-electron chi connectivity index (χ0n) is 8.57. The summed E-state index contributed by atoms with van der Waals surface area (Å²) in [6.07, 6.45) is 4.67. The van der Waals surface area contributed by atoms with Crippen molar-refractivity contribution in [2.45, 2.75) is 49.7 Å². The van der Waals surface area contributed by atoms with Crippen LogP contribution in [-0.4, -0.2) is 40.6 Å². The van der Waals surface area contributed by atoms with Gasteiger partial charge in [0.05, 0.1) is 0 Å². The quantitative estimate of drug-likeness (QED) is 0.689. The van der Waals surface area contributed by atoms with Crippen molar-refractivity contribution >= 4 is 5.97 Å². The van der Waals surface area contributed by atoms with Crippen LogP contribution in [0.4, 0.5) is 0 Å². The predicted molar refractivity (Wildman–Crippen MR) is 53.0 cm³/mol. The monoisotopic (exact) mass is 198 g/mol. The number of carboxylic acid groups (broad SMARTS) is 1. The van der Waals surface area contributed by atoms with Crippen LogP contribution >= 0.6 is 0 Å². The number of nitrogens with two attached hydrogens (primary N) is 1. The summed E-state index contributed by atoms with van der Waals surface area (Å²) in [5.41, 5.74) is 4.86. The fourth-order valence-electron chi connectivity index (χ4n) is 2.37. The van der Waals surface area contributed by atoms with E-state index in [0.717, 1.165) is 6.42 Å². The molecule has 0 heterocycles. The Morgan fingerprint density at radius 2 is 2.07 bits per heavy atom. The summed E-state index contributed by atoms with van der Waals surface area (Å²) >= 11 is 0. The Morgan fingerprint density at radius 1 is 1.43 bits per heavy atom.